The number of benzene rings is 1. The first-order valence-corrected chi connectivity index (χ1v) is 6.32. The van der Waals surface area contributed by atoms with Crippen molar-refractivity contribution in [2.24, 2.45) is 0 Å². The van der Waals surface area contributed by atoms with E-state index in [2.05, 4.69) is 22.3 Å². The van der Waals surface area contributed by atoms with Crippen LogP contribution in [0.3, 0.4) is 0 Å². The molecule has 0 aliphatic rings. The van der Waals surface area contributed by atoms with Crippen LogP contribution in [0.2, 0.25) is 0 Å². The van der Waals surface area contributed by atoms with Gasteiger partial charge in [-0.15, -0.1) is 0 Å². The van der Waals surface area contributed by atoms with Crippen LogP contribution in [-0.2, 0) is 12.8 Å². The van der Waals surface area contributed by atoms with E-state index in [1.807, 2.05) is 26.0 Å². The molecule has 0 unspecified atom stereocenters. The van der Waals surface area contributed by atoms with Crippen molar-refractivity contribution < 1.29 is 4.52 Å². The van der Waals surface area contributed by atoms with Gasteiger partial charge in [0.1, 0.15) is 0 Å². The molecule has 1 heterocycles. The molecule has 0 aliphatic heterocycles. The summed E-state index contributed by atoms with van der Waals surface area (Å²) in [6.45, 7) is 4.09. The number of aromatic nitrogens is 2. The SMILES string of the molecule is CC(C)c1nc(CCCc2ccc(N)cc2)no1. The van der Waals surface area contributed by atoms with Gasteiger partial charge >= 0.3 is 0 Å². The quantitative estimate of drug-likeness (QED) is 0.822. The predicted octanol–water partition coefficient (Wildman–Crippen LogP) is 2.95. The fraction of sp³-hybridized carbons (Fsp3) is 0.429. The molecule has 1 aromatic carbocycles. The molecule has 1 aromatic heterocycles. The summed E-state index contributed by atoms with van der Waals surface area (Å²) in [5.74, 6) is 1.81. The number of anilines is 1. The van der Waals surface area contributed by atoms with Crippen LogP contribution >= 0.6 is 0 Å². The maximum atomic E-state index is 5.65. The summed E-state index contributed by atoms with van der Waals surface area (Å²) in [5, 5.41) is 3.98. The van der Waals surface area contributed by atoms with Crippen molar-refractivity contribution in [3.05, 3.63) is 41.5 Å². The lowest BCUT2D eigenvalue weighted by Crippen LogP contribution is -1.94. The Morgan fingerprint density at radius 2 is 1.89 bits per heavy atom. The molecule has 0 radical (unpaired) electrons. The average molecular weight is 245 g/mol. The topological polar surface area (TPSA) is 64.9 Å². The molecule has 0 saturated carbocycles. The van der Waals surface area contributed by atoms with Crippen molar-refractivity contribution in [1.82, 2.24) is 10.1 Å². The average Bonchev–Trinajstić information content (AvgIpc) is 2.81. The third kappa shape index (κ3) is 3.32. The van der Waals surface area contributed by atoms with Crippen molar-refractivity contribution >= 4 is 5.69 Å². The van der Waals surface area contributed by atoms with E-state index < -0.39 is 0 Å². The zero-order valence-corrected chi connectivity index (χ0v) is 10.9. The van der Waals surface area contributed by atoms with E-state index in [1.165, 1.54) is 5.56 Å². The summed E-state index contributed by atoms with van der Waals surface area (Å²) < 4.78 is 5.17. The Hall–Kier alpha value is -1.84. The van der Waals surface area contributed by atoms with Gasteiger partial charge < -0.3 is 10.3 Å². The number of hydrogen-bond donors (Lipinski definition) is 1. The van der Waals surface area contributed by atoms with Crippen LogP contribution in [0.15, 0.2) is 28.8 Å². The van der Waals surface area contributed by atoms with Gasteiger partial charge in [0, 0.05) is 18.0 Å². The largest absolute Gasteiger partial charge is 0.399 e. The smallest absolute Gasteiger partial charge is 0.229 e. The summed E-state index contributed by atoms with van der Waals surface area (Å²) in [5.41, 5.74) is 7.74. The third-order valence-electron chi connectivity index (χ3n) is 2.82. The molecule has 0 amide bonds. The van der Waals surface area contributed by atoms with Gasteiger partial charge in [0.05, 0.1) is 0 Å². The highest BCUT2D eigenvalue weighted by molar-refractivity contribution is 5.39. The summed E-state index contributed by atoms with van der Waals surface area (Å²) >= 11 is 0. The van der Waals surface area contributed by atoms with Crippen molar-refractivity contribution in [3.63, 3.8) is 0 Å². The molecule has 0 aliphatic carbocycles. The highest BCUT2D eigenvalue weighted by Crippen LogP contribution is 2.13. The maximum absolute atomic E-state index is 5.65. The molecule has 0 spiro atoms. The van der Waals surface area contributed by atoms with Crippen molar-refractivity contribution in [2.45, 2.75) is 39.0 Å². The van der Waals surface area contributed by atoms with E-state index in [1.54, 1.807) is 0 Å². The van der Waals surface area contributed by atoms with Crippen LogP contribution in [0.4, 0.5) is 5.69 Å². The highest BCUT2D eigenvalue weighted by Gasteiger charge is 2.09. The second-order valence-corrected chi connectivity index (χ2v) is 4.80. The molecular weight excluding hydrogens is 226 g/mol. The first-order valence-electron chi connectivity index (χ1n) is 6.32. The molecule has 0 saturated heterocycles. The van der Waals surface area contributed by atoms with Gasteiger partial charge in [-0.05, 0) is 30.5 Å². The van der Waals surface area contributed by atoms with Gasteiger partial charge in [0.15, 0.2) is 5.82 Å². The molecule has 2 aromatic rings. The Kier molecular flexibility index (Phi) is 3.97. The van der Waals surface area contributed by atoms with E-state index in [0.717, 1.165) is 36.7 Å². The zero-order valence-electron chi connectivity index (χ0n) is 10.9. The van der Waals surface area contributed by atoms with E-state index in [0.29, 0.717) is 5.92 Å². The second kappa shape index (κ2) is 5.67. The van der Waals surface area contributed by atoms with E-state index >= 15 is 0 Å². The number of hydrogen-bond acceptors (Lipinski definition) is 4. The minimum atomic E-state index is 0.295. The first kappa shape index (κ1) is 12.6. The third-order valence-corrected chi connectivity index (χ3v) is 2.82. The van der Waals surface area contributed by atoms with Gasteiger partial charge in [-0.3, -0.25) is 0 Å². The Bertz CT molecular complexity index is 488. The minimum Gasteiger partial charge on any atom is -0.399 e. The Balaban J connectivity index is 1.82. The predicted molar refractivity (Wildman–Crippen MR) is 71.3 cm³/mol. The molecule has 2 N–H and O–H groups in total. The number of nitrogen functional groups attached to an aromatic ring is 1. The van der Waals surface area contributed by atoms with Crippen molar-refractivity contribution in [2.75, 3.05) is 5.73 Å². The molecule has 0 fully saturated rings. The number of nitrogens with two attached hydrogens (primary N) is 1. The van der Waals surface area contributed by atoms with Gasteiger partial charge in [-0.2, -0.15) is 4.98 Å². The van der Waals surface area contributed by atoms with Gasteiger partial charge in [-0.1, -0.05) is 31.1 Å². The van der Waals surface area contributed by atoms with Crippen molar-refractivity contribution in [3.8, 4) is 0 Å². The lowest BCUT2D eigenvalue weighted by Gasteiger charge is -2.00. The second-order valence-electron chi connectivity index (χ2n) is 4.80. The number of aryl methyl sites for hydroxylation is 2. The lowest BCUT2D eigenvalue weighted by atomic mass is 10.1. The molecule has 4 heteroatoms. The first-order chi connectivity index (χ1) is 8.65. The monoisotopic (exact) mass is 245 g/mol. The number of nitrogens with zero attached hydrogens (tertiary/aromatic N) is 2. The Morgan fingerprint density at radius 3 is 2.50 bits per heavy atom. The summed E-state index contributed by atoms with van der Waals surface area (Å²) in [4.78, 5) is 4.36. The molecule has 0 atom stereocenters. The molecular formula is C14H19N3O. The molecule has 2 rings (SSSR count). The highest BCUT2D eigenvalue weighted by atomic mass is 16.5. The summed E-state index contributed by atoms with van der Waals surface area (Å²) in [6.07, 6.45) is 2.87. The minimum absolute atomic E-state index is 0.295. The Morgan fingerprint density at radius 1 is 1.17 bits per heavy atom. The van der Waals surface area contributed by atoms with Crippen LogP contribution in [0.5, 0.6) is 0 Å². The van der Waals surface area contributed by atoms with E-state index in [-0.39, 0.29) is 0 Å². The molecule has 96 valence electrons. The van der Waals surface area contributed by atoms with Crippen LogP contribution in [0.25, 0.3) is 0 Å². The fourth-order valence-corrected chi connectivity index (χ4v) is 1.74. The number of rotatable bonds is 5. The molecule has 0 bridgehead atoms. The Labute approximate surface area is 107 Å². The van der Waals surface area contributed by atoms with E-state index in [9.17, 15) is 0 Å². The molecule has 4 nitrogen and oxygen atoms in total. The normalized spacial score (nSPS) is 11.1. The van der Waals surface area contributed by atoms with Gasteiger partial charge in [0.2, 0.25) is 5.89 Å². The summed E-state index contributed by atoms with van der Waals surface area (Å²) in [7, 11) is 0. The maximum Gasteiger partial charge on any atom is 0.229 e. The molecule has 18 heavy (non-hydrogen) atoms. The van der Waals surface area contributed by atoms with Crippen LogP contribution in [0.1, 0.15) is 43.5 Å². The van der Waals surface area contributed by atoms with E-state index in [4.69, 9.17) is 10.3 Å². The standard InChI is InChI=1S/C14H19N3O/c1-10(2)14-16-13(17-18-14)5-3-4-11-6-8-12(15)9-7-11/h6-10H,3-5,15H2,1-2H3. The van der Waals surface area contributed by atoms with Crippen LogP contribution < -0.4 is 5.73 Å². The van der Waals surface area contributed by atoms with Gasteiger partial charge in [0.25, 0.3) is 0 Å². The van der Waals surface area contributed by atoms with Crippen molar-refractivity contribution in [1.29, 1.82) is 0 Å². The zero-order chi connectivity index (χ0) is 13.0. The van der Waals surface area contributed by atoms with Crippen LogP contribution in [-0.4, -0.2) is 10.1 Å². The fourth-order valence-electron chi connectivity index (χ4n) is 1.74. The van der Waals surface area contributed by atoms with Crippen LogP contribution in [0, 0.1) is 0 Å². The lowest BCUT2D eigenvalue weighted by molar-refractivity contribution is 0.360. The summed E-state index contributed by atoms with van der Waals surface area (Å²) in [6, 6.07) is 7.98. The van der Waals surface area contributed by atoms with Gasteiger partial charge in [-0.25, -0.2) is 0 Å².